The molecule has 5 heteroatoms. The number of esters is 1. The molecule has 0 fully saturated rings. The zero-order chi connectivity index (χ0) is 15.2. The first-order chi connectivity index (χ1) is 10.1. The van der Waals surface area contributed by atoms with Gasteiger partial charge in [-0.1, -0.05) is 23.7 Å². The Morgan fingerprint density at radius 2 is 2.00 bits per heavy atom. The number of anilines is 1. The number of hydrogen-bond acceptors (Lipinski definition) is 4. The molecule has 21 heavy (non-hydrogen) atoms. The van der Waals surface area contributed by atoms with Crippen LogP contribution >= 0.6 is 11.6 Å². The molecule has 110 valence electrons. The highest BCUT2D eigenvalue weighted by atomic mass is 35.5. The van der Waals surface area contributed by atoms with Crippen LogP contribution in [0.1, 0.15) is 15.9 Å². The van der Waals surface area contributed by atoms with E-state index in [1.165, 1.54) is 7.11 Å². The Labute approximate surface area is 128 Å². The summed E-state index contributed by atoms with van der Waals surface area (Å²) in [5.74, 6) is 0.383. The van der Waals surface area contributed by atoms with Gasteiger partial charge in [-0.2, -0.15) is 0 Å². The minimum Gasteiger partial charge on any atom is -0.497 e. The van der Waals surface area contributed by atoms with Crippen molar-refractivity contribution < 1.29 is 14.3 Å². The van der Waals surface area contributed by atoms with Gasteiger partial charge >= 0.3 is 5.97 Å². The zero-order valence-electron chi connectivity index (χ0n) is 11.9. The number of carbonyl (C=O) groups excluding carboxylic acids is 1. The first-order valence-electron chi connectivity index (χ1n) is 6.38. The maximum atomic E-state index is 11.7. The summed E-state index contributed by atoms with van der Waals surface area (Å²) in [5, 5.41) is 3.75. The number of carbonyl (C=O) groups is 1. The molecule has 2 aromatic rings. The van der Waals surface area contributed by atoms with Crippen molar-refractivity contribution >= 4 is 23.3 Å². The number of ether oxygens (including phenoxy) is 2. The van der Waals surface area contributed by atoms with Crippen molar-refractivity contribution in [3.63, 3.8) is 0 Å². The van der Waals surface area contributed by atoms with Crippen molar-refractivity contribution in [2.75, 3.05) is 19.5 Å². The summed E-state index contributed by atoms with van der Waals surface area (Å²) in [6.07, 6.45) is 0. The van der Waals surface area contributed by atoms with E-state index in [2.05, 4.69) is 5.32 Å². The lowest BCUT2D eigenvalue weighted by Gasteiger charge is -2.12. The van der Waals surface area contributed by atoms with Crippen molar-refractivity contribution in [1.82, 2.24) is 0 Å². The van der Waals surface area contributed by atoms with E-state index in [1.807, 2.05) is 24.3 Å². The number of benzene rings is 2. The summed E-state index contributed by atoms with van der Waals surface area (Å²) in [4.78, 5) is 11.7. The van der Waals surface area contributed by atoms with Crippen molar-refractivity contribution in [3.05, 3.63) is 58.6 Å². The van der Waals surface area contributed by atoms with Crippen molar-refractivity contribution in [1.29, 1.82) is 0 Å². The molecule has 0 bridgehead atoms. The van der Waals surface area contributed by atoms with Gasteiger partial charge in [-0.05, 0) is 35.9 Å². The molecule has 0 aliphatic rings. The quantitative estimate of drug-likeness (QED) is 0.855. The van der Waals surface area contributed by atoms with E-state index in [-0.39, 0.29) is 0 Å². The second-order valence-electron chi connectivity index (χ2n) is 4.39. The van der Waals surface area contributed by atoms with Crippen LogP contribution in [0.3, 0.4) is 0 Å². The second kappa shape index (κ2) is 6.99. The molecule has 0 saturated carbocycles. The molecule has 0 aliphatic carbocycles. The maximum absolute atomic E-state index is 11.7. The highest BCUT2D eigenvalue weighted by Gasteiger charge is 2.12. The third-order valence-electron chi connectivity index (χ3n) is 3.00. The molecule has 1 N–H and O–H groups in total. The Bertz CT molecular complexity index is 643. The molecule has 0 radical (unpaired) electrons. The van der Waals surface area contributed by atoms with E-state index in [9.17, 15) is 4.79 Å². The molecule has 0 atom stereocenters. The summed E-state index contributed by atoms with van der Waals surface area (Å²) in [6, 6.07) is 12.7. The smallest absolute Gasteiger partial charge is 0.339 e. The average molecular weight is 306 g/mol. The molecule has 2 aromatic carbocycles. The van der Waals surface area contributed by atoms with Crippen LogP contribution in [0.4, 0.5) is 5.69 Å². The van der Waals surface area contributed by atoms with Crippen LogP contribution < -0.4 is 10.1 Å². The van der Waals surface area contributed by atoms with Gasteiger partial charge in [0, 0.05) is 11.6 Å². The van der Waals surface area contributed by atoms with Crippen molar-refractivity contribution in [3.8, 4) is 5.75 Å². The third kappa shape index (κ3) is 3.89. The van der Waals surface area contributed by atoms with E-state index in [0.29, 0.717) is 22.8 Å². The van der Waals surface area contributed by atoms with Gasteiger partial charge in [-0.25, -0.2) is 4.79 Å². The first kappa shape index (κ1) is 15.2. The fourth-order valence-electron chi connectivity index (χ4n) is 1.93. The SMILES string of the molecule is COC(=O)c1ccc(Cl)cc1NCc1cccc(OC)c1. The molecule has 0 saturated heterocycles. The number of rotatable bonds is 5. The van der Waals surface area contributed by atoms with E-state index >= 15 is 0 Å². The van der Waals surface area contributed by atoms with E-state index in [4.69, 9.17) is 21.1 Å². The predicted molar refractivity (Wildman–Crippen MR) is 83.1 cm³/mol. The summed E-state index contributed by atoms with van der Waals surface area (Å²) < 4.78 is 9.95. The van der Waals surface area contributed by atoms with Crippen molar-refractivity contribution in [2.45, 2.75) is 6.54 Å². The molecule has 0 heterocycles. The highest BCUT2D eigenvalue weighted by molar-refractivity contribution is 6.31. The number of methoxy groups -OCH3 is 2. The third-order valence-corrected chi connectivity index (χ3v) is 3.24. The lowest BCUT2D eigenvalue weighted by Crippen LogP contribution is -2.08. The molecule has 0 amide bonds. The van der Waals surface area contributed by atoms with Gasteiger partial charge in [0.1, 0.15) is 5.75 Å². The van der Waals surface area contributed by atoms with E-state index < -0.39 is 5.97 Å². The molecule has 4 nitrogen and oxygen atoms in total. The van der Waals surface area contributed by atoms with E-state index in [0.717, 1.165) is 11.3 Å². The minimum absolute atomic E-state index is 0.403. The molecule has 0 aliphatic heterocycles. The van der Waals surface area contributed by atoms with Crippen LogP contribution in [0.15, 0.2) is 42.5 Å². The Hall–Kier alpha value is -2.20. The first-order valence-corrected chi connectivity index (χ1v) is 6.76. The molecule has 0 spiro atoms. The van der Waals surface area contributed by atoms with Gasteiger partial charge in [0.15, 0.2) is 0 Å². The van der Waals surface area contributed by atoms with Crippen molar-refractivity contribution in [2.24, 2.45) is 0 Å². The summed E-state index contributed by atoms with van der Waals surface area (Å²) in [5.41, 5.74) is 2.12. The highest BCUT2D eigenvalue weighted by Crippen LogP contribution is 2.23. The number of halogens is 1. The summed E-state index contributed by atoms with van der Waals surface area (Å²) in [6.45, 7) is 0.543. The van der Waals surface area contributed by atoms with Gasteiger partial charge in [0.25, 0.3) is 0 Å². The van der Waals surface area contributed by atoms with Crippen LogP contribution in [0.2, 0.25) is 5.02 Å². The predicted octanol–water partition coefficient (Wildman–Crippen LogP) is 3.75. The van der Waals surface area contributed by atoms with Gasteiger partial charge in [-0.3, -0.25) is 0 Å². The lowest BCUT2D eigenvalue weighted by atomic mass is 10.1. The fourth-order valence-corrected chi connectivity index (χ4v) is 2.10. The van der Waals surface area contributed by atoms with E-state index in [1.54, 1.807) is 25.3 Å². The molecule has 2 rings (SSSR count). The monoisotopic (exact) mass is 305 g/mol. The zero-order valence-corrected chi connectivity index (χ0v) is 12.6. The topological polar surface area (TPSA) is 47.6 Å². The molecular formula is C16H16ClNO3. The Morgan fingerprint density at radius 3 is 2.71 bits per heavy atom. The molecule has 0 unspecified atom stereocenters. The Kier molecular flexibility index (Phi) is 5.06. The number of hydrogen-bond donors (Lipinski definition) is 1. The summed E-state index contributed by atoms with van der Waals surface area (Å²) in [7, 11) is 2.97. The Morgan fingerprint density at radius 1 is 1.19 bits per heavy atom. The second-order valence-corrected chi connectivity index (χ2v) is 4.82. The minimum atomic E-state index is -0.403. The molecular weight excluding hydrogens is 290 g/mol. The fraction of sp³-hybridized carbons (Fsp3) is 0.188. The standard InChI is InChI=1S/C16H16ClNO3/c1-20-13-5-3-4-11(8-13)10-18-15-9-12(17)6-7-14(15)16(19)21-2/h3-9,18H,10H2,1-2H3. The van der Waals surface area contributed by atoms with Crippen LogP contribution in [0, 0.1) is 0 Å². The van der Waals surface area contributed by atoms with Crippen LogP contribution in [-0.2, 0) is 11.3 Å². The van der Waals surface area contributed by atoms with Gasteiger partial charge in [0.2, 0.25) is 0 Å². The largest absolute Gasteiger partial charge is 0.497 e. The van der Waals surface area contributed by atoms with Gasteiger partial charge in [0.05, 0.1) is 25.5 Å². The van der Waals surface area contributed by atoms with Crippen LogP contribution in [-0.4, -0.2) is 20.2 Å². The Balaban J connectivity index is 2.18. The van der Waals surface area contributed by atoms with Crippen LogP contribution in [0.25, 0.3) is 0 Å². The maximum Gasteiger partial charge on any atom is 0.339 e. The lowest BCUT2D eigenvalue weighted by molar-refractivity contribution is 0.0602. The summed E-state index contributed by atoms with van der Waals surface area (Å²) >= 11 is 5.98. The van der Waals surface area contributed by atoms with Gasteiger partial charge < -0.3 is 14.8 Å². The van der Waals surface area contributed by atoms with Crippen LogP contribution in [0.5, 0.6) is 5.75 Å². The average Bonchev–Trinajstić information content (AvgIpc) is 2.52. The number of nitrogens with one attached hydrogen (secondary N) is 1. The van der Waals surface area contributed by atoms with Gasteiger partial charge in [-0.15, -0.1) is 0 Å². The normalized spacial score (nSPS) is 10.0. The molecule has 0 aromatic heterocycles.